The molecule has 256 valence electrons. The Morgan fingerprint density at radius 3 is 1.40 bits per heavy atom. The van der Waals surface area contributed by atoms with Crippen LogP contribution in [0.5, 0.6) is 0 Å². The first-order valence-corrected chi connectivity index (χ1v) is 18.3. The number of nitrogens with zero attached hydrogens (tertiary/aromatic N) is 1. The van der Waals surface area contributed by atoms with Gasteiger partial charge in [-0.3, -0.25) is 14.6 Å². The van der Waals surface area contributed by atoms with E-state index >= 15 is 0 Å². The van der Waals surface area contributed by atoms with Gasteiger partial charge in [0.1, 0.15) is 11.6 Å². The summed E-state index contributed by atoms with van der Waals surface area (Å²) < 4.78 is 0. The topological polar surface area (TPSA) is 125 Å². The summed E-state index contributed by atoms with van der Waals surface area (Å²) >= 11 is 3.96. The maximum Gasteiger partial charge on any atom is 0.149 e. The van der Waals surface area contributed by atoms with Gasteiger partial charge >= 0.3 is 0 Å². The maximum atomic E-state index is 11.1. The summed E-state index contributed by atoms with van der Waals surface area (Å²) in [6.45, 7) is 19.7. The van der Waals surface area contributed by atoms with Crippen molar-refractivity contribution >= 4 is 30.4 Å². The highest BCUT2D eigenvalue weighted by Crippen LogP contribution is 2.30. The first kappa shape index (κ1) is 50.8. The van der Waals surface area contributed by atoms with Crippen LogP contribution in [0.25, 0.3) is 0 Å². The van der Waals surface area contributed by atoms with Gasteiger partial charge in [0.05, 0.1) is 12.1 Å². The fourth-order valence-corrected chi connectivity index (χ4v) is 4.63. The predicted octanol–water partition coefficient (Wildman–Crippen LogP) is 8.97. The summed E-state index contributed by atoms with van der Waals surface area (Å²) in [5.74, 6) is 2.86. The molecule has 2 aliphatic carbocycles. The highest BCUT2D eigenvalue weighted by molar-refractivity contribution is 7.80. The summed E-state index contributed by atoms with van der Waals surface area (Å²) in [5, 5.41) is 0. The Morgan fingerprint density at radius 2 is 1.07 bits per heavy atom. The number of rotatable bonds is 13. The molecule has 0 spiro atoms. The molecule has 0 aliphatic heterocycles. The zero-order chi connectivity index (χ0) is 33.8. The number of ketones is 2. The van der Waals surface area contributed by atoms with Crippen LogP contribution in [0.4, 0.5) is 0 Å². The Balaban J connectivity index is -0.000000147. The number of Topliss-reactive ketones (excluding diaryl/α,β-unsaturated/α-hetero) is 2. The average Bonchev–Trinajstić information content (AvgIpc) is 3.03. The van der Waals surface area contributed by atoms with Crippen LogP contribution < -0.4 is 17.2 Å². The predicted molar refractivity (Wildman–Crippen MR) is 195 cm³/mol. The number of nitrogens with two attached hydrogens (primary N) is 3. The van der Waals surface area contributed by atoms with Gasteiger partial charge in [0.25, 0.3) is 0 Å². The zero-order valence-electron chi connectivity index (χ0n) is 30.2. The van der Waals surface area contributed by atoms with Crippen LogP contribution >= 0.6 is 12.6 Å². The quantitative estimate of drug-likeness (QED) is 0.121. The van der Waals surface area contributed by atoms with E-state index in [1.54, 1.807) is 7.05 Å². The van der Waals surface area contributed by atoms with E-state index in [4.69, 9.17) is 17.2 Å². The minimum atomic E-state index is -0.285. The smallest absolute Gasteiger partial charge is 0.149 e. The SMILES string of the molecule is CC.CC.CC.CC.CCC(=O)C(N)CCC1CCC1.CCC(=O)C(N)CCS.CN=CC(N)CCC1CCCCC1. The molecule has 2 rings (SSSR count). The first-order valence-electron chi connectivity index (χ1n) is 17.6. The fraction of sp³-hybridized carbons (Fsp3) is 0.914. The van der Waals surface area contributed by atoms with E-state index in [0.717, 1.165) is 31.1 Å². The maximum absolute atomic E-state index is 11.1. The molecule has 0 radical (unpaired) electrons. The monoisotopic (exact) mass is 619 g/mol. The van der Waals surface area contributed by atoms with E-state index < -0.39 is 0 Å². The molecule has 0 aromatic rings. The van der Waals surface area contributed by atoms with E-state index in [0.29, 0.717) is 25.0 Å². The molecule has 6 nitrogen and oxygen atoms in total. The number of aliphatic imine (C=N–C) groups is 1. The van der Waals surface area contributed by atoms with Crippen LogP contribution in [-0.2, 0) is 9.59 Å². The summed E-state index contributed by atoms with van der Waals surface area (Å²) in [5.41, 5.74) is 17.0. The second-order valence-corrected chi connectivity index (χ2v) is 10.3. The third-order valence-electron chi connectivity index (χ3n) is 7.05. The Labute approximate surface area is 270 Å². The molecule has 7 heteroatoms. The third kappa shape index (κ3) is 33.7. The van der Waals surface area contributed by atoms with Crippen LogP contribution in [0.3, 0.4) is 0 Å². The lowest BCUT2D eigenvalue weighted by Gasteiger charge is -2.26. The van der Waals surface area contributed by atoms with E-state index in [2.05, 4.69) is 17.6 Å². The van der Waals surface area contributed by atoms with Crippen molar-refractivity contribution in [2.75, 3.05) is 12.8 Å². The van der Waals surface area contributed by atoms with E-state index in [9.17, 15) is 9.59 Å². The minimum Gasteiger partial charge on any atom is -0.323 e. The molecule has 3 unspecified atom stereocenters. The van der Waals surface area contributed by atoms with Crippen LogP contribution in [0.2, 0.25) is 0 Å². The number of carbonyl (C=O) groups is 2. The van der Waals surface area contributed by atoms with Gasteiger partial charge in [-0.25, -0.2) is 0 Å². The number of hydrogen-bond acceptors (Lipinski definition) is 7. The van der Waals surface area contributed by atoms with E-state index in [-0.39, 0.29) is 29.7 Å². The number of carbonyl (C=O) groups excluding carboxylic acids is 2. The molecule has 42 heavy (non-hydrogen) atoms. The van der Waals surface area contributed by atoms with Gasteiger partial charge in [0, 0.05) is 32.1 Å². The molecule has 0 aromatic heterocycles. The van der Waals surface area contributed by atoms with Gasteiger partial charge in [-0.2, -0.15) is 12.6 Å². The van der Waals surface area contributed by atoms with Crippen molar-refractivity contribution in [3.8, 4) is 0 Å². The molecule has 0 saturated heterocycles. The van der Waals surface area contributed by atoms with Gasteiger partial charge in [-0.15, -0.1) is 0 Å². The number of hydrogen-bond donors (Lipinski definition) is 4. The molecule has 0 bridgehead atoms. The van der Waals surface area contributed by atoms with Gasteiger partial charge in [-0.1, -0.05) is 121 Å². The van der Waals surface area contributed by atoms with Crippen molar-refractivity contribution in [2.24, 2.45) is 34.0 Å². The zero-order valence-corrected chi connectivity index (χ0v) is 31.1. The second kappa shape index (κ2) is 42.4. The van der Waals surface area contributed by atoms with Gasteiger partial charge in [0.15, 0.2) is 0 Å². The molecule has 0 aromatic carbocycles. The summed E-state index contributed by atoms with van der Waals surface area (Å²) in [6.07, 6.45) is 19.4. The lowest BCUT2D eigenvalue weighted by molar-refractivity contribution is -0.120. The van der Waals surface area contributed by atoms with Crippen LogP contribution in [0.15, 0.2) is 4.99 Å². The molecule has 0 heterocycles. The summed E-state index contributed by atoms with van der Waals surface area (Å²) in [4.78, 5) is 25.8. The lowest BCUT2D eigenvalue weighted by Crippen LogP contribution is -2.30. The summed E-state index contributed by atoms with van der Waals surface area (Å²) in [7, 11) is 1.79. The molecule has 2 fully saturated rings. The van der Waals surface area contributed by atoms with Crippen LogP contribution in [0.1, 0.15) is 166 Å². The Bertz CT molecular complexity index is 551. The fourth-order valence-electron chi connectivity index (χ4n) is 4.35. The molecular formula is C35H78N4O2S. The largest absolute Gasteiger partial charge is 0.323 e. The van der Waals surface area contributed by atoms with Crippen LogP contribution in [0, 0.1) is 11.8 Å². The van der Waals surface area contributed by atoms with Crippen molar-refractivity contribution in [1.82, 2.24) is 0 Å². The van der Waals surface area contributed by atoms with Crippen molar-refractivity contribution in [2.45, 2.75) is 184 Å². The van der Waals surface area contributed by atoms with Crippen molar-refractivity contribution in [3.05, 3.63) is 0 Å². The minimum absolute atomic E-state index is 0.129. The Hall–Kier alpha value is -0.760. The Morgan fingerprint density at radius 1 is 0.690 bits per heavy atom. The van der Waals surface area contributed by atoms with Gasteiger partial charge in [-0.05, 0) is 49.7 Å². The van der Waals surface area contributed by atoms with Crippen molar-refractivity contribution in [3.63, 3.8) is 0 Å². The molecule has 0 amide bonds. The highest BCUT2D eigenvalue weighted by Gasteiger charge is 2.19. The van der Waals surface area contributed by atoms with E-state index in [1.165, 1.54) is 57.8 Å². The molecule has 3 atom stereocenters. The van der Waals surface area contributed by atoms with Gasteiger partial charge in [0.2, 0.25) is 0 Å². The second-order valence-electron chi connectivity index (χ2n) is 9.89. The van der Waals surface area contributed by atoms with Gasteiger partial charge < -0.3 is 17.2 Å². The average molecular weight is 619 g/mol. The Kier molecular flexibility index (Phi) is 51.3. The van der Waals surface area contributed by atoms with Crippen LogP contribution in [-0.4, -0.2) is 48.7 Å². The molecular weight excluding hydrogens is 540 g/mol. The molecule has 6 N–H and O–H groups in total. The normalized spacial score (nSPS) is 16.1. The third-order valence-corrected chi connectivity index (χ3v) is 7.31. The van der Waals surface area contributed by atoms with Crippen molar-refractivity contribution < 1.29 is 9.59 Å². The van der Waals surface area contributed by atoms with Crippen molar-refractivity contribution in [1.29, 1.82) is 0 Å². The highest BCUT2D eigenvalue weighted by atomic mass is 32.1. The number of thiol groups is 1. The van der Waals surface area contributed by atoms with E-state index in [1.807, 2.05) is 75.5 Å². The first-order chi connectivity index (χ1) is 20.3. The summed E-state index contributed by atoms with van der Waals surface area (Å²) in [6, 6.07) is -0.282. The standard InChI is InChI=1S/C11H22N2.C10H19NO.C6H13NOS.4C2H6/c1-13-9-11(12)8-7-10-5-3-2-4-6-10;1-2-10(12)9(11)7-6-8-4-3-5-8;1-2-6(8)5(7)3-4-9;4*1-2/h9-11H,2-8,12H2,1H3;8-9H,2-7,11H2,1H3;5,9H,2-4,7H2,1H3;4*1-2H3. The molecule has 2 aliphatic rings. The lowest BCUT2D eigenvalue weighted by atomic mass is 9.81. The molecule has 2 saturated carbocycles.